The van der Waals surface area contributed by atoms with E-state index in [-0.39, 0.29) is 11.9 Å². The average molecular weight is 298 g/mol. The number of amides is 2. The van der Waals surface area contributed by atoms with Crippen molar-refractivity contribution in [3.05, 3.63) is 0 Å². The Morgan fingerprint density at radius 1 is 1.24 bits per heavy atom. The molecule has 120 valence electrons. The maximum absolute atomic E-state index is 12.1. The summed E-state index contributed by atoms with van der Waals surface area (Å²) in [6, 6.07) is -0.953. The number of piperazine rings is 1. The van der Waals surface area contributed by atoms with Gasteiger partial charge in [-0.2, -0.15) is 0 Å². The molecule has 21 heavy (non-hydrogen) atoms. The Morgan fingerprint density at radius 3 is 2.33 bits per heavy atom. The Hall–Kier alpha value is -1.34. The van der Waals surface area contributed by atoms with Gasteiger partial charge in [-0.25, -0.2) is 9.59 Å². The summed E-state index contributed by atoms with van der Waals surface area (Å²) in [5, 5.41) is 11.8. The second kappa shape index (κ2) is 7.09. The van der Waals surface area contributed by atoms with Gasteiger partial charge < -0.3 is 20.2 Å². The van der Waals surface area contributed by atoms with E-state index in [0.29, 0.717) is 13.1 Å². The van der Waals surface area contributed by atoms with Gasteiger partial charge in [-0.1, -0.05) is 0 Å². The average Bonchev–Trinajstić information content (AvgIpc) is 3.27. The summed E-state index contributed by atoms with van der Waals surface area (Å²) in [6.07, 6.45) is 1.80. The first kappa shape index (κ1) is 16.0. The molecule has 0 bridgehead atoms. The molecule has 1 heterocycles. The molecule has 1 atom stereocenters. The summed E-state index contributed by atoms with van der Waals surface area (Å²) in [4.78, 5) is 29.5. The van der Waals surface area contributed by atoms with E-state index in [9.17, 15) is 9.59 Å². The number of rotatable bonds is 6. The third-order valence-corrected chi connectivity index (χ3v) is 4.16. The normalized spacial score (nSPS) is 21.4. The SMILES string of the molecule is CN(C)CCN1CCN(C(=O)NC(C(=O)O)C2CC2)CC1. The third-order valence-electron chi connectivity index (χ3n) is 4.16. The van der Waals surface area contributed by atoms with Gasteiger partial charge in [0.2, 0.25) is 0 Å². The molecule has 0 spiro atoms. The Kier molecular flexibility index (Phi) is 5.41. The summed E-state index contributed by atoms with van der Waals surface area (Å²) < 4.78 is 0. The van der Waals surface area contributed by atoms with E-state index in [4.69, 9.17) is 5.11 Å². The number of aliphatic carboxylic acids is 1. The molecule has 1 unspecified atom stereocenters. The lowest BCUT2D eigenvalue weighted by Crippen LogP contribution is -2.55. The molecule has 0 radical (unpaired) electrons. The highest BCUT2D eigenvalue weighted by molar-refractivity contribution is 5.83. The van der Waals surface area contributed by atoms with Crippen molar-refractivity contribution in [3.63, 3.8) is 0 Å². The van der Waals surface area contributed by atoms with Gasteiger partial charge in [0.15, 0.2) is 0 Å². The molecule has 2 aliphatic rings. The molecule has 1 aliphatic carbocycles. The molecule has 7 nitrogen and oxygen atoms in total. The van der Waals surface area contributed by atoms with Gasteiger partial charge in [-0.05, 0) is 32.9 Å². The lowest BCUT2D eigenvalue weighted by atomic mass is 10.2. The van der Waals surface area contributed by atoms with Crippen molar-refractivity contribution in [1.29, 1.82) is 0 Å². The number of nitrogens with zero attached hydrogens (tertiary/aromatic N) is 3. The van der Waals surface area contributed by atoms with E-state index in [2.05, 4.69) is 15.1 Å². The van der Waals surface area contributed by atoms with Gasteiger partial charge in [0.25, 0.3) is 0 Å². The van der Waals surface area contributed by atoms with Crippen LogP contribution in [0.1, 0.15) is 12.8 Å². The van der Waals surface area contributed by atoms with Crippen LogP contribution in [0.4, 0.5) is 4.79 Å². The standard InChI is InChI=1S/C14H26N4O3/c1-16(2)5-6-17-7-9-18(10-8-17)14(21)15-12(13(19)20)11-3-4-11/h11-12H,3-10H2,1-2H3,(H,15,21)(H,19,20). The van der Waals surface area contributed by atoms with E-state index in [1.165, 1.54) is 0 Å². The fourth-order valence-electron chi connectivity index (χ4n) is 2.55. The van der Waals surface area contributed by atoms with Crippen molar-refractivity contribution in [3.8, 4) is 0 Å². The Bertz CT molecular complexity index is 376. The van der Waals surface area contributed by atoms with Crippen LogP contribution in [-0.4, -0.2) is 91.2 Å². The second-order valence-corrected chi connectivity index (χ2v) is 6.23. The lowest BCUT2D eigenvalue weighted by molar-refractivity contribution is -0.139. The van der Waals surface area contributed by atoms with E-state index >= 15 is 0 Å². The molecule has 0 aromatic rings. The summed E-state index contributed by atoms with van der Waals surface area (Å²) >= 11 is 0. The predicted molar refractivity (Wildman–Crippen MR) is 79.2 cm³/mol. The summed E-state index contributed by atoms with van der Waals surface area (Å²) in [5.41, 5.74) is 0. The first-order chi connectivity index (χ1) is 9.97. The van der Waals surface area contributed by atoms with Crippen molar-refractivity contribution in [2.75, 3.05) is 53.4 Å². The topological polar surface area (TPSA) is 76.1 Å². The minimum Gasteiger partial charge on any atom is -0.480 e. The zero-order valence-electron chi connectivity index (χ0n) is 12.9. The molecule has 1 aliphatic heterocycles. The molecule has 2 N–H and O–H groups in total. The number of nitrogens with one attached hydrogen (secondary N) is 1. The number of likely N-dealkylation sites (N-methyl/N-ethyl adjacent to an activating group) is 1. The Labute approximate surface area is 125 Å². The van der Waals surface area contributed by atoms with Crippen LogP contribution in [0.15, 0.2) is 0 Å². The monoisotopic (exact) mass is 298 g/mol. The number of urea groups is 1. The fraction of sp³-hybridized carbons (Fsp3) is 0.857. The smallest absolute Gasteiger partial charge is 0.326 e. The molecular weight excluding hydrogens is 272 g/mol. The van der Waals surface area contributed by atoms with Gasteiger partial charge in [-0.15, -0.1) is 0 Å². The maximum atomic E-state index is 12.1. The van der Waals surface area contributed by atoms with Crippen molar-refractivity contribution < 1.29 is 14.7 Å². The molecule has 2 rings (SSSR count). The van der Waals surface area contributed by atoms with Gasteiger partial charge >= 0.3 is 12.0 Å². The minimum absolute atomic E-state index is 0.118. The van der Waals surface area contributed by atoms with Gasteiger partial charge in [-0.3, -0.25) is 4.90 Å². The van der Waals surface area contributed by atoms with E-state index in [0.717, 1.165) is 39.0 Å². The van der Waals surface area contributed by atoms with E-state index in [1.54, 1.807) is 4.90 Å². The molecule has 2 fully saturated rings. The number of carboxylic acids is 1. The Balaban J connectivity index is 1.73. The minimum atomic E-state index is -0.921. The molecular formula is C14H26N4O3. The summed E-state index contributed by atoms with van der Waals surface area (Å²) in [6.45, 7) is 5.04. The van der Waals surface area contributed by atoms with Crippen LogP contribution in [0.3, 0.4) is 0 Å². The molecule has 7 heteroatoms. The van der Waals surface area contributed by atoms with Crippen molar-refractivity contribution in [2.45, 2.75) is 18.9 Å². The molecule has 0 aromatic carbocycles. The van der Waals surface area contributed by atoms with Crippen LogP contribution in [0.25, 0.3) is 0 Å². The number of carbonyl (C=O) groups excluding carboxylic acids is 1. The number of hydrogen-bond donors (Lipinski definition) is 2. The molecule has 2 amide bonds. The predicted octanol–water partition coefficient (Wildman–Crippen LogP) is -0.262. The number of carbonyl (C=O) groups is 2. The zero-order valence-corrected chi connectivity index (χ0v) is 12.9. The zero-order chi connectivity index (χ0) is 15.4. The third kappa shape index (κ3) is 4.86. The van der Waals surface area contributed by atoms with Crippen molar-refractivity contribution >= 4 is 12.0 Å². The van der Waals surface area contributed by atoms with Crippen LogP contribution in [0, 0.1) is 5.92 Å². The van der Waals surface area contributed by atoms with E-state index < -0.39 is 12.0 Å². The second-order valence-electron chi connectivity index (χ2n) is 6.23. The van der Waals surface area contributed by atoms with Crippen LogP contribution in [0.5, 0.6) is 0 Å². The fourth-order valence-corrected chi connectivity index (χ4v) is 2.55. The lowest BCUT2D eigenvalue weighted by Gasteiger charge is -2.35. The highest BCUT2D eigenvalue weighted by atomic mass is 16.4. The quantitative estimate of drug-likeness (QED) is 0.706. The van der Waals surface area contributed by atoms with E-state index in [1.807, 2.05) is 14.1 Å². The highest BCUT2D eigenvalue weighted by Crippen LogP contribution is 2.32. The van der Waals surface area contributed by atoms with Crippen LogP contribution in [-0.2, 0) is 4.79 Å². The molecule has 1 saturated carbocycles. The number of carboxylic acid groups (broad SMARTS) is 1. The number of hydrogen-bond acceptors (Lipinski definition) is 4. The molecule has 0 aromatic heterocycles. The highest BCUT2D eigenvalue weighted by Gasteiger charge is 2.38. The first-order valence-corrected chi connectivity index (χ1v) is 7.62. The summed E-state index contributed by atoms with van der Waals surface area (Å²) in [5.74, 6) is -0.803. The van der Waals surface area contributed by atoms with Crippen molar-refractivity contribution in [2.24, 2.45) is 5.92 Å². The summed E-state index contributed by atoms with van der Waals surface area (Å²) in [7, 11) is 4.10. The Morgan fingerprint density at radius 2 is 1.86 bits per heavy atom. The molecule has 1 saturated heterocycles. The van der Waals surface area contributed by atoms with Gasteiger partial charge in [0.1, 0.15) is 6.04 Å². The largest absolute Gasteiger partial charge is 0.480 e. The van der Waals surface area contributed by atoms with Crippen LogP contribution < -0.4 is 5.32 Å². The van der Waals surface area contributed by atoms with Crippen LogP contribution >= 0.6 is 0 Å². The van der Waals surface area contributed by atoms with Gasteiger partial charge in [0, 0.05) is 39.3 Å². The van der Waals surface area contributed by atoms with Gasteiger partial charge in [0.05, 0.1) is 0 Å². The maximum Gasteiger partial charge on any atom is 0.326 e. The van der Waals surface area contributed by atoms with Crippen molar-refractivity contribution in [1.82, 2.24) is 20.0 Å². The van der Waals surface area contributed by atoms with Crippen LogP contribution in [0.2, 0.25) is 0 Å². The first-order valence-electron chi connectivity index (χ1n) is 7.62.